The highest BCUT2D eigenvalue weighted by Crippen LogP contribution is 2.26. The average Bonchev–Trinajstić information content (AvgIpc) is 2.63. The third-order valence-corrected chi connectivity index (χ3v) is 4.91. The zero-order chi connectivity index (χ0) is 19.6. The third-order valence-electron chi connectivity index (χ3n) is 4.91. The van der Waals surface area contributed by atoms with Gasteiger partial charge in [0.2, 0.25) is 5.91 Å². The van der Waals surface area contributed by atoms with E-state index in [-0.39, 0.29) is 29.5 Å². The molecule has 8 heteroatoms. The molecule has 0 saturated carbocycles. The van der Waals surface area contributed by atoms with E-state index in [9.17, 15) is 14.4 Å². The second-order valence-electron chi connectivity index (χ2n) is 6.87. The molecule has 2 aromatic rings. The number of carbonyl (C=O) groups is 2. The fourth-order valence-electron chi connectivity index (χ4n) is 3.31. The van der Waals surface area contributed by atoms with Gasteiger partial charge in [-0.2, -0.15) is 0 Å². The summed E-state index contributed by atoms with van der Waals surface area (Å²) in [5, 5.41) is 5.96. The van der Waals surface area contributed by atoms with Crippen LogP contribution in [0.25, 0.3) is 0 Å². The second-order valence-corrected chi connectivity index (χ2v) is 6.87. The summed E-state index contributed by atoms with van der Waals surface area (Å²) in [4.78, 5) is 36.5. The average molecular weight is 406 g/mol. The lowest BCUT2D eigenvalue weighted by Crippen LogP contribution is -2.28. The molecule has 0 atom stereocenters. The summed E-state index contributed by atoms with van der Waals surface area (Å²) in [6, 6.07) is 6.54. The highest BCUT2D eigenvalue weighted by molar-refractivity contribution is 6.06. The van der Waals surface area contributed by atoms with E-state index in [1.165, 1.54) is 6.07 Å². The van der Waals surface area contributed by atoms with Crippen molar-refractivity contribution in [2.45, 2.75) is 32.6 Å². The fourth-order valence-corrected chi connectivity index (χ4v) is 3.31. The van der Waals surface area contributed by atoms with E-state index in [0.29, 0.717) is 17.0 Å². The molecule has 1 aromatic carbocycles. The smallest absolute Gasteiger partial charge is 0.349 e. The zero-order valence-electron chi connectivity index (χ0n) is 15.8. The number of amides is 2. The lowest BCUT2D eigenvalue weighted by molar-refractivity contribution is 0.0995. The van der Waals surface area contributed by atoms with Gasteiger partial charge in [0.1, 0.15) is 11.3 Å². The first-order valence-corrected chi connectivity index (χ1v) is 8.94. The van der Waals surface area contributed by atoms with Crippen molar-refractivity contribution in [3.05, 3.63) is 62.7 Å². The minimum Gasteiger partial charge on any atom is -0.427 e. The number of halogens is 1. The predicted molar refractivity (Wildman–Crippen MR) is 109 cm³/mol. The summed E-state index contributed by atoms with van der Waals surface area (Å²) in [5.74, 6) is -0.345. The van der Waals surface area contributed by atoms with Crippen LogP contribution in [0.15, 0.2) is 33.5 Å². The number of anilines is 1. The van der Waals surface area contributed by atoms with Gasteiger partial charge in [0, 0.05) is 17.2 Å². The van der Waals surface area contributed by atoms with Gasteiger partial charge in [0.25, 0.3) is 5.91 Å². The molecule has 28 heavy (non-hydrogen) atoms. The molecule has 7 nitrogen and oxygen atoms in total. The van der Waals surface area contributed by atoms with Crippen LogP contribution < -0.4 is 22.0 Å². The summed E-state index contributed by atoms with van der Waals surface area (Å²) in [7, 11) is 0. The number of nitrogens with two attached hydrogens (primary N) is 1. The van der Waals surface area contributed by atoms with Gasteiger partial charge in [-0.1, -0.05) is 6.07 Å². The van der Waals surface area contributed by atoms with Gasteiger partial charge >= 0.3 is 5.63 Å². The van der Waals surface area contributed by atoms with Gasteiger partial charge in [-0.25, -0.2) is 4.79 Å². The number of hydrogen-bond acceptors (Lipinski definition) is 5. The quantitative estimate of drug-likeness (QED) is 0.723. The van der Waals surface area contributed by atoms with Crippen LogP contribution in [0, 0.1) is 13.8 Å². The van der Waals surface area contributed by atoms with E-state index < -0.39 is 17.4 Å². The van der Waals surface area contributed by atoms with Crippen LogP contribution in [0.2, 0.25) is 0 Å². The standard InChI is InChI=1S/C20H23N3O4.ClH/c1-11-3-4-14(18(21)24)10-15(11)23-19(25)17-12(2)9-16(27-20(17)26)13-5-7-22-8-6-13;/h3-4,9-10,13,22H,5-8H2,1-2H3,(H2,21,24)(H,23,25);1H. The highest BCUT2D eigenvalue weighted by atomic mass is 35.5. The van der Waals surface area contributed by atoms with Gasteiger partial charge in [0.15, 0.2) is 0 Å². The number of hydrogen-bond donors (Lipinski definition) is 3. The van der Waals surface area contributed by atoms with Crippen LogP contribution in [-0.2, 0) is 0 Å². The van der Waals surface area contributed by atoms with Crippen molar-refractivity contribution in [3.63, 3.8) is 0 Å². The number of primary amides is 1. The van der Waals surface area contributed by atoms with E-state index in [4.69, 9.17) is 10.2 Å². The van der Waals surface area contributed by atoms with Crippen molar-refractivity contribution in [2.24, 2.45) is 5.73 Å². The summed E-state index contributed by atoms with van der Waals surface area (Å²) >= 11 is 0. The number of aryl methyl sites for hydroxylation is 2. The molecule has 1 aromatic heterocycles. The predicted octanol–water partition coefficient (Wildman–Crippen LogP) is 2.50. The number of rotatable bonds is 4. The van der Waals surface area contributed by atoms with E-state index in [1.54, 1.807) is 32.0 Å². The van der Waals surface area contributed by atoms with Crippen LogP contribution in [-0.4, -0.2) is 24.9 Å². The van der Waals surface area contributed by atoms with Crippen LogP contribution in [0.5, 0.6) is 0 Å². The van der Waals surface area contributed by atoms with Gasteiger partial charge in [-0.05, 0) is 69.1 Å². The molecule has 0 aliphatic carbocycles. The third kappa shape index (κ3) is 4.61. The first-order chi connectivity index (χ1) is 12.9. The molecule has 0 radical (unpaired) electrons. The monoisotopic (exact) mass is 405 g/mol. The molecule has 150 valence electrons. The second kappa shape index (κ2) is 9.03. The number of benzene rings is 1. The van der Waals surface area contributed by atoms with Crippen LogP contribution in [0.3, 0.4) is 0 Å². The van der Waals surface area contributed by atoms with Crippen molar-refractivity contribution < 1.29 is 14.0 Å². The van der Waals surface area contributed by atoms with E-state index in [2.05, 4.69) is 10.6 Å². The Morgan fingerprint density at radius 3 is 2.43 bits per heavy atom. The maximum atomic E-state index is 12.7. The fraction of sp³-hybridized carbons (Fsp3) is 0.350. The zero-order valence-corrected chi connectivity index (χ0v) is 16.7. The lowest BCUT2D eigenvalue weighted by Gasteiger charge is -2.22. The molecule has 0 spiro atoms. The Balaban J connectivity index is 0.00000280. The molecule has 0 bridgehead atoms. The maximum Gasteiger partial charge on any atom is 0.349 e. The number of piperidine rings is 1. The lowest BCUT2D eigenvalue weighted by atomic mass is 9.94. The Bertz CT molecular complexity index is 949. The molecule has 2 heterocycles. The number of carbonyl (C=O) groups excluding carboxylic acids is 2. The molecule has 1 aliphatic rings. The first-order valence-electron chi connectivity index (χ1n) is 8.94. The van der Waals surface area contributed by atoms with Gasteiger partial charge in [-0.3, -0.25) is 9.59 Å². The molecule has 2 amide bonds. The first kappa shape index (κ1) is 21.7. The summed E-state index contributed by atoms with van der Waals surface area (Å²) in [6.45, 7) is 5.27. The topological polar surface area (TPSA) is 114 Å². The van der Waals surface area contributed by atoms with E-state index in [0.717, 1.165) is 31.5 Å². The summed E-state index contributed by atoms with van der Waals surface area (Å²) < 4.78 is 5.46. The Morgan fingerprint density at radius 1 is 1.14 bits per heavy atom. The Kier molecular flexibility index (Phi) is 6.99. The molecule has 0 unspecified atom stereocenters. The summed E-state index contributed by atoms with van der Waals surface area (Å²) in [5.41, 5.74) is 6.64. The Labute approximate surface area is 169 Å². The minimum atomic E-state index is -0.648. The SMILES string of the molecule is Cc1ccc(C(N)=O)cc1NC(=O)c1c(C)cc(C2CCNCC2)oc1=O.Cl. The van der Waals surface area contributed by atoms with Crippen LogP contribution in [0.1, 0.15) is 56.4 Å². The van der Waals surface area contributed by atoms with Gasteiger partial charge in [-0.15, -0.1) is 12.4 Å². The van der Waals surface area contributed by atoms with Crippen LogP contribution in [0.4, 0.5) is 5.69 Å². The molecular formula is C20H24ClN3O4. The van der Waals surface area contributed by atoms with E-state index >= 15 is 0 Å². The van der Waals surface area contributed by atoms with Crippen LogP contribution >= 0.6 is 12.4 Å². The van der Waals surface area contributed by atoms with E-state index in [1.807, 2.05) is 0 Å². The largest absolute Gasteiger partial charge is 0.427 e. The normalized spacial score (nSPS) is 14.2. The van der Waals surface area contributed by atoms with Crippen molar-refractivity contribution >= 4 is 29.9 Å². The van der Waals surface area contributed by atoms with Crippen molar-refractivity contribution in [1.82, 2.24) is 5.32 Å². The molecule has 1 fully saturated rings. The van der Waals surface area contributed by atoms with Crippen molar-refractivity contribution in [1.29, 1.82) is 0 Å². The minimum absolute atomic E-state index is 0. The molecule has 4 N–H and O–H groups in total. The van der Waals surface area contributed by atoms with Gasteiger partial charge < -0.3 is 20.8 Å². The maximum absolute atomic E-state index is 12.7. The van der Waals surface area contributed by atoms with Crippen molar-refractivity contribution in [2.75, 3.05) is 18.4 Å². The Hall–Kier alpha value is -2.64. The molecular weight excluding hydrogens is 382 g/mol. The van der Waals surface area contributed by atoms with Gasteiger partial charge in [0.05, 0.1) is 0 Å². The summed E-state index contributed by atoms with van der Waals surface area (Å²) in [6.07, 6.45) is 1.79. The molecule has 1 aliphatic heterocycles. The Morgan fingerprint density at radius 2 is 1.82 bits per heavy atom. The molecule has 1 saturated heterocycles. The number of nitrogens with one attached hydrogen (secondary N) is 2. The van der Waals surface area contributed by atoms with Crippen molar-refractivity contribution in [3.8, 4) is 0 Å². The molecule has 3 rings (SSSR count). The highest BCUT2D eigenvalue weighted by Gasteiger charge is 2.23.